The summed E-state index contributed by atoms with van der Waals surface area (Å²) in [4.78, 5) is 0. The van der Waals surface area contributed by atoms with Gasteiger partial charge in [0.15, 0.2) is 0 Å². The fourth-order valence-electron chi connectivity index (χ4n) is 1.35. The maximum atomic E-state index is 5.75. The normalized spacial score (nSPS) is 20.9. The van der Waals surface area contributed by atoms with E-state index in [1.54, 1.807) is 6.07 Å². The summed E-state index contributed by atoms with van der Waals surface area (Å²) in [6.07, 6.45) is 0.232. The summed E-state index contributed by atoms with van der Waals surface area (Å²) in [5.41, 5.74) is 15.1. The molecule has 0 aromatic heterocycles. The number of nitrogens with two attached hydrogens (primary N) is 2. The quantitative estimate of drug-likeness (QED) is 0.484. The molecule has 3 heteroatoms. The zero-order chi connectivity index (χ0) is 8.72. The van der Waals surface area contributed by atoms with Gasteiger partial charge in [0.2, 0.25) is 0 Å². The van der Waals surface area contributed by atoms with Crippen LogP contribution in [0.1, 0.15) is 17.2 Å². The van der Waals surface area contributed by atoms with Crippen LogP contribution in [0.4, 0.5) is 11.4 Å². The minimum absolute atomic E-state index is 0.232. The largest absolute Gasteiger partial charge is 0.399 e. The van der Waals surface area contributed by atoms with Gasteiger partial charge in [-0.05, 0) is 30.2 Å². The number of epoxide rings is 1. The van der Waals surface area contributed by atoms with Crippen molar-refractivity contribution in [1.82, 2.24) is 0 Å². The van der Waals surface area contributed by atoms with Crippen LogP contribution < -0.4 is 11.5 Å². The molecule has 1 unspecified atom stereocenters. The average molecular weight is 164 g/mol. The Morgan fingerprint density at radius 1 is 1.42 bits per heavy atom. The lowest BCUT2D eigenvalue weighted by Gasteiger charge is -2.07. The summed E-state index contributed by atoms with van der Waals surface area (Å²) in [7, 11) is 0. The van der Waals surface area contributed by atoms with Crippen LogP contribution >= 0.6 is 0 Å². The van der Waals surface area contributed by atoms with Crippen molar-refractivity contribution in [3.63, 3.8) is 0 Å². The van der Waals surface area contributed by atoms with Crippen LogP contribution in [0.2, 0.25) is 0 Å². The molecule has 2 rings (SSSR count). The van der Waals surface area contributed by atoms with Crippen molar-refractivity contribution in [2.24, 2.45) is 0 Å². The molecule has 64 valence electrons. The average Bonchev–Trinajstić information content (AvgIpc) is 2.79. The van der Waals surface area contributed by atoms with Crippen LogP contribution in [-0.4, -0.2) is 6.61 Å². The van der Waals surface area contributed by atoms with Crippen LogP contribution in [0.5, 0.6) is 0 Å². The van der Waals surface area contributed by atoms with Crippen molar-refractivity contribution in [2.75, 3.05) is 18.1 Å². The highest BCUT2D eigenvalue weighted by Gasteiger charge is 2.27. The third-order valence-electron chi connectivity index (χ3n) is 2.19. The standard InChI is InChI=1S/C9H12N2O/c1-5-7(9-4-12-9)2-6(10)3-8(5)11/h2-3,9H,4,10-11H2,1H3. The van der Waals surface area contributed by atoms with Gasteiger partial charge in [-0.25, -0.2) is 0 Å². The molecule has 1 aliphatic rings. The Morgan fingerprint density at radius 2 is 2.08 bits per heavy atom. The molecular weight excluding hydrogens is 152 g/mol. The van der Waals surface area contributed by atoms with E-state index in [0.717, 1.165) is 23.4 Å². The molecule has 1 aliphatic heterocycles. The van der Waals surface area contributed by atoms with Crippen LogP contribution in [-0.2, 0) is 4.74 Å². The van der Waals surface area contributed by atoms with Crippen LogP contribution in [0.3, 0.4) is 0 Å². The van der Waals surface area contributed by atoms with E-state index in [-0.39, 0.29) is 6.10 Å². The summed E-state index contributed by atoms with van der Waals surface area (Å²) >= 11 is 0. The molecule has 1 atom stereocenters. The number of anilines is 2. The Balaban J connectivity index is 2.51. The highest BCUT2D eigenvalue weighted by molar-refractivity contribution is 5.60. The van der Waals surface area contributed by atoms with Crippen molar-refractivity contribution in [1.29, 1.82) is 0 Å². The molecule has 1 heterocycles. The van der Waals surface area contributed by atoms with Crippen LogP contribution in [0.25, 0.3) is 0 Å². The Bertz CT molecular complexity index is 319. The van der Waals surface area contributed by atoms with E-state index in [1.807, 2.05) is 13.0 Å². The van der Waals surface area contributed by atoms with E-state index in [9.17, 15) is 0 Å². The highest BCUT2D eigenvalue weighted by atomic mass is 16.6. The number of benzene rings is 1. The van der Waals surface area contributed by atoms with Gasteiger partial charge < -0.3 is 16.2 Å². The SMILES string of the molecule is Cc1c(N)cc(N)cc1C1CO1. The van der Waals surface area contributed by atoms with E-state index in [2.05, 4.69) is 0 Å². The first kappa shape index (κ1) is 7.43. The molecule has 0 aliphatic carbocycles. The molecule has 1 aromatic rings. The van der Waals surface area contributed by atoms with Gasteiger partial charge in [-0.1, -0.05) is 0 Å². The van der Waals surface area contributed by atoms with Crippen molar-refractivity contribution in [3.8, 4) is 0 Å². The van der Waals surface area contributed by atoms with Crippen molar-refractivity contribution in [3.05, 3.63) is 23.3 Å². The molecule has 0 radical (unpaired) electrons. The first-order valence-electron chi connectivity index (χ1n) is 3.95. The summed E-state index contributed by atoms with van der Waals surface area (Å²) < 4.78 is 5.17. The smallest absolute Gasteiger partial charge is 0.106 e. The van der Waals surface area contributed by atoms with Gasteiger partial charge in [0.05, 0.1) is 6.61 Å². The lowest BCUT2D eigenvalue weighted by atomic mass is 10.0. The maximum absolute atomic E-state index is 5.75. The molecule has 3 nitrogen and oxygen atoms in total. The summed E-state index contributed by atoms with van der Waals surface area (Å²) in [5.74, 6) is 0. The second kappa shape index (κ2) is 2.38. The predicted octanol–water partition coefficient (Wildman–Crippen LogP) is 1.23. The molecule has 0 amide bonds. The molecule has 0 bridgehead atoms. The molecule has 12 heavy (non-hydrogen) atoms. The third-order valence-corrected chi connectivity index (χ3v) is 2.19. The van der Waals surface area contributed by atoms with Crippen molar-refractivity contribution in [2.45, 2.75) is 13.0 Å². The minimum Gasteiger partial charge on any atom is -0.399 e. The number of ether oxygens (including phenoxy) is 1. The second-order valence-corrected chi connectivity index (χ2v) is 3.15. The number of nitrogen functional groups attached to an aromatic ring is 2. The first-order chi connectivity index (χ1) is 5.68. The summed E-state index contributed by atoms with van der Waals surface area (Å²) in [6, 6.07) is 3.71. The van der Waals surface area contributed by atoms with E-state index in [4.69, 9.17) is 16.2 Å². The van der Waals surface area contributed by atoms with Crippen molar-refractivity contribution >= 4 is 11.4 Å². The van der Waals surface area contributed by atoms with Gasteiger partial charge >= 0.3 is 0 Å². The van der Waals surface area contributed by atoms with Crippen LogP contribution in [0.15, 0.2) is 12.1 Å². The third kappa shape index (κ3) is 1.12. The van der Waals surface area contributed by atoms with E-state index >= 15 is 0 Å². The lowest BCUT2D eigenvalue weighted by Crippen LogP contribution is -1.97. The number of hydrogen-bond acceptors (Lipinski definition) is 3. The van der Waals surface area contributed by atoms with E-state index in [1.165, 1.54) is 0 Å². The topological polar surface area (TPSA) is 64.6 Å². The molecule has 0 spiro atoms. The Labute approximate surface area is 71.3 Å². The fourth-order valence-corrected chi connectivity index (χ4v) is 1.35. The zero-order valence-corrected chi connectivity index (χ0v) is 7.00. The van der Waals surface area contributed by atoms with E-state index in [0.29, 0.717) is 5.69 Å². The monoisotopic (exact) mass is 164 g/mol. The predicted molar refractivity (Wildman–Crippen MR) is 48.7 cm³/mol. The molecule has 4 N–H and O–H groups in total. The summed E-state index contributed by atoms with van der Waals surface area (Å²) in [5, 5.41) is 0. The maximum Gasteiger partial charge on any atom is 0.106 e. The minimum atomic E-state index is 0.232. The summed E-state index contributed by atoms with van der Waals surface area (Å²) in [6.45, 7) is 2.79. The molecular formula is C9H12N2O. The molecule has 1 aromatic carbocycles. The Kier molecular flexibility index (Phi) is 1.48. The zero-order valence-electron chi connectivity index (χ0n) is 7.00. The lowest BCUT2D eigenvalue weighted by molar-refractivity contribution is 0.415. The molecule has 1 saturated heterocycles. The van der Waals surface area contributed by atoms with E-state index < -0.39 is 0 Å². The number of rotatable bonds is 1. The molecule has 0 saturated carbocycles. The van der Waals surface area contributed by atoms with Crippen LogP contribution in [0, 0.1) is 6.92 Å². The van der Waals surface area contributed by atoms with Gasteiger partial charge in [-0.3, -0.25) is 0 Å². The highest BCUT2D eigenvalue weighted by Crippen LogP contribution is 2.35. The van der Waals surface area contributed by atoms with Gasteiger partial charge in [0.1, 0.15) is 6.10 Å². The fraction of sp³-hybridized carbons (Fsp3) is 0.333. The Morgan fingerprint density at radius 3 is 2.67 bits per heavy atom. The van der Waals surface area contributed by atoms with Gasteiger partial charge in [-0.15, -0.1) is 0 Å². The first-order valence-corrected chi connectivity index (χ1v) is 3.95. The van der Waals surface area contributed by atoms with Gasteiger partial charge in [-0.2, -0.15) is 0 Å². The number of hydrogen-bond donors (Lipinski definition) is 2. The molecule has 1 fully saturated rings. The van der Waals surface area contributed by atoms with Gasteiger partial charge in [0.25, 0.3) is 0 Å². The van der Waals surface area contributed by atoms with Gasteiger partial charge in [0, 0.05) is 11.4 Å². The Hall–Kier alpha value is -1.22. The second-order valence-electron chi connectivity index (χ2n) is 3.15. The van der Waals surface area contributed by atoms with Crippen molar-refractivity contribution < 1.29 is 4.74 Å².